The van der Waals surface area contributed by atoms with Gasteiger partial charge in [-0.3, -0.25) is 4.79 Å². The minimum atomic E-state index is -0.335. The van der Waals surface area contributed by atoms with Gasteiger partial charge in [0.1, 0.15) is 17.2 Å². The molecule has 0 saturated carbocycles. The molecule has 2 aromatic rings. The molecule has 0 aromatic carbocycles. The first kappa shape index (κ1) is 13.1. The smallest absolute Gasteiger partial charge is 0.274 e. The summed E-state index contributed by atoms with van der Waals surface area (Å²) >= 11 is 0. The van der Waals surface area contributed by atoms with E-state index in [9.17, 15) is 9.18 Å². The van der Waals surface area contributed by atoms with E-state index in [-0.39, 0.29) is 11.7 Å². The summed E-state index contributed by atoms with van der Waals surface area (Å²) in [6.07, 6.45) is 7.20. The second kappa shape index (κ2) is 5.23. The summed E-state index contributed by atoms with van der Waals surface area (Å²) in [4.78, 5) is 18.8. The molecule has 1 atom stereocenters. The van der Waals surface area contributed by atoms with Crippen molar-refractivity contribution in [1.29, 1.82) is 0 Å². The number of piperidine rings is 1. The number of hydrogen-bond acceptors (Lipinski definition) is 2. The molecule has 0 aliphatic carbocycles. The molecule has 3 heterocycles. The summed E-state index contributed by atoms with van der Waals surface area (Å²) in [6.45, 7) is 2.90. The first-order valence-corrected chi connectivity index (χ1v) is 7.14. The highest BCUT2D eigenvalue weighted by molar-refractivity contribution is 5.93. The zero-order valence-corrected chi connectivity index (χ0v) is 11.6. The first-order valence-electron chi connectivity index (χ1n) is 7.14. The van der Waals surface area contributed by atoms with Crippen LogP contribution in [0.5, 0.6) is 0 Å². The number of carbonyl (C=O) groups excluding carboxylic acids is 1. The first-order chi connectivity index (χ1) is 9.69. The highest BCUT2D eigenvalue weighted by Crippen LogP contribution is 2.21. The van der Waals surface area contributed by atoms with E-state index in [1.807, 2.05) is 4.90 Å². The Balaban J connectivity index is 1.91. The fourth-order valence-electron chi connectivity index (χ4n) is 2.91. The number of halogens is 1. The molecule has 106 valence electrons. The van der Waals surface area contributed by atoms with Crippen molar-refractivity contribution in [3.8, 4) is 0 Å². The van der Waals surface area contributed by atoms with Crippen LogP contribution in [0.2, 0.25) is 0 Å². The van der Waals surface area contributed by atoms with Crippen LogP contribution in [0.3, 0.4) is 0 Å². The number of pyridine rings is 1. The van der Waals surface area contributed by atoms with Gasteiger partial charge in [-0.25, -0.2) is 9.37 Å². The Labute approximate surface area is 117 Å². The molecule has 1 aliphatic rings. The molecule has 1 unspecified atom stereocenters. The van der Waals surface area contributed by atoms with E-state index in [2.05, 4.69) is 11.9 Å². The quantitative estimate of drug-likeness (QED) is 0.845. The fourth-order valence-corrected chi connectivity index (χ4v) is 2.91. The van der Waals surface area contributed by atoms with Crippen LogP contribution in [0.4, 0.5) is 4.39 Å². The number of amides is 1. The molecule has 3 rings (SSSR count). The predicted octanol–water partition coefficient (Wildman–Crippen LogP) is 2.88. The number of hydrogen-bond donors (Lipinski definition) is 0. The standard InChI is InChI=1S/C15H18FN3O/c1-2-12-5-3-4-8-19(12)15(20)13-10-18-9-11(16)6-7-14(18)17-13/h6-7,9-10,12H,2-5,8H2,1H3. The van der Waals surface area contributed by atoms with Gasteiger partial charge in [0.2, 0.25) is 0 Å². The Morgan fingerprint density at radius 1 is 1.40 bits per heavy atom. The molecule has 1 amide bonds. The van der Waals surface area contributed by atoms with Crippen LogP contribution in [0, 0.1) is 5.82 Å². The summed E-state index contributed by atoms with van der Waals surface area (Å²) in [7, 11) is 0. The molecule has 1 aliphatic heterocycles. The molecule has 1 saturated heterocycles. The van der Waals surface area contributed by atoms with Gasteiger partial charge in [0, 0.05) is 25.0 Å². The highest BCUT2D eigenvalue weighted by atomic mass is 19.1. The zero-order chi connectivity index (χ0) is 14.1. The van der Waals surface area contributed by atoms with Crippen LogP contribution in [0.15, 0.2) is 24.5 Å². The summed E-state index contributed by atoms with van der Waals surface area (Å²) in [5.74, 6) is -0.376. The Morgan fingerprint density at radius 3 is 3.05 bits per heavy atom. The second-order valence-corrected chi connectivity index (χ2v) is 5.30. The van der Waals surface area contributed by atoms with Gasteiger partial charge in [-0.2, -0.15) is 0 Å². The number of aromatic nitrogens is 2. The van der Waals surface area contributed by atoms with E-state index < -0.39 is 0 Å². The Hall–Kier alpha value is -1.91. The van der Waals surface area contributed by atoms with Crippen LogP contribution in [0.1, 0.15) is 43.1 Å². The molecule has 0 N–H and O–H groups in total. The number of fused-ring (bicyclic) bond motifs is 1. The van der Waals surface area contributed by atoms with Crippen molar-refractivity contribution in [3.63, 3.8) is 0 Å². The lowest BCUT2D eigenvalue weighted by molar-refractivity contribution is 0.0602. The third kappa shape index (κ3) is 2.28. The minimum Gasteiger partial charge on any atom is -0.334 e. The van der Waals surface area contributed by atoms with Crippen LogP contribution in [0.25, 0.3) is 5.65 Å². The third-order valence-corrected chi connectivity index (χ3v) is 3.99. The lowest BCUT2D eigenvalue weighted by Gasteiger charge is -2.34. The normalized spacial score (nSPS) is 19.5. The number of carbonyl (C=O) groups is 1. The minimum absolute atomic E-state index is 0.0411. The van der Waals surface area contributed by atoms with Gasteiger partial charge in [0.05, 0.1) is 0 Å². The maximum atomic E-state index is 13.2. The van der Waals surface area contributed by atoms with Gasteiger partial charge < -0.3 is 9.30 Å². The number of likely N-dealkylation sites (tertiary alicyclic amines) is 1. The topological polar surface area (TPSA) is 37.6 Å². The van der Waals surface area contributed by atoms with E-state index in [1.165, 1.54) is 18.7 Å². The largest absolute Gasteiger partial charge is 0.334 e. The third-order valence-electron chi connectivity index (χ3n) is 3.99. The van der Waals surface area contributed by atoms with Crippen molar-refractivity contribution in [1.82, 2.24) is 14.3 Å². The number of rotatable bonds is 2. The van der Waals surface area contributed by atoms with E-state index in [0.717, 1.165) is 25.8 Å². The number of nitrogens with zero attached hydrogens (tertiary/aromatic N) is 3. The predicted molar refractivity (Wildman–Crippen MR) is 74.1 cm³/mol. The number of imidazole rings is 1. The van der Waals surface area contributed by atoms with Crippen molar-refractivity contribution in [2.75, 3.05) is 6.54 Å². The van der Waals surface area contributed by atoms with Gasteiger partial charge in [0.25, 0.3) is 5.91 Å². The fraction of sp³-hybridized carbons (Fsp3) is 0.467. The van der Waals surface area contributed by atoms with Crippen molar-refractivity contribution < 1.29 is 9.18 Å². The lowest BCUT2D eigenvalue weighted by Crippen LogP contribution is -2.43. The lowest BCUT2D eigenvalue weighted by atomic mass is 10.00. The van der Waals surface area contributed by atoms with Crippen LogP contribution >= 0.6 is 0 Å². The summed E-state index contributed by atoms with van der Waals surface area (Å²) in [5.41, 5.74) is 0.996. The average molecular weight is 275 g/mol. The molecular formula is C15H18FN3O. The van der Waals surface area contributed by atoms with E-state index in [4.69, 9.17) is 0 Å². The van der Waals surface area contributed by atoms with Crippen LogP contribution < -0.4 is 0 Å². The van der Waals surface area contributed by atoms with Gasteiger partial charge >= 0.3 is 0 Å². The van der Waals surface area contributed by atoms with Crippen molar-refractivity contribution >= 4 is 11.6 Å². The van der Waals surface area contributed by atoms with Crippen LogP contribution in [-0.2, 0) is 0 Å². The maximum Gasteiger partial charge on any atom is 0.274 e. The van der Waals surface area contributed by atoms with Crippen LogP contribution in [-0.4, -0.2) is 32.8 Å². The Kier molecular flexibility index (Phi) is 3.42. The zero-order valence-electron chi connectivity index (χ0n) is 11.6. The Morgan fingerprint density at radius 2 is 2.25 bits per heavy atom. The molecule has 0 bridgehead atoms. The summed E-state index contributed by atoms with van der Waals surface area (Å²) < 4.78 is 14.7. The molecule has 1 fully saturated rings. The molecule has 2 aromatic heterocycles. The second-order valence-electron chi connectivity index (χ2n) is 5.30. The summed E-state index contributed by atoms with van der Waals surface area (Å²) in [5, 5.41) is 0. The monoisotopic (exact) mass is 275 g/mol. The van der Waals surface area contributed by atoms with Crippen molar-refractivity contribution in [2.24, 2.45) is 0 Å². The Bertz CT molecular complexity index is 637. The van der Waals surface area contributed by atoms with E-state index in [0.29, 0.717) is 17.4 Å². The van der Waals surface area contributed by atoms with E-state index >= 15 is 0 Å². The SMILES string of the molecule is CCC1CCCCN1C(=O)c1cn2cc(F)ccc2n1. The van der Waals surface area contributed by atoms with Gasteiger partial charge in [0.15, 0.2) is 0 Å². The average Bonchev–Trinajstić information content (AvgIpc) is 2.89. The molecule has 0 radical (unpaired) electrons. The summed E-state index contributed by atoms with van der Waals surface area (Å²) in [6, 6.07) is 3.24. The highest BCUT2D eigenvalue weighted by Gasteiger charge is 2.27. The maximum absolute atomic E-state index is 13.2. The van der Waals surface area contributed by atoms with E-state index in [1.54, 1.807) is 16.7 Å². The molecule has 4 nitrogen and oxygen atoms in total. The van der Waals surface area contributed by atoms with Crippen molar-refractivity contribution in [3.05, 3.63) is 36.0 Å². The molecule has 0 spiro atoms. The van der Waals surface area contributed by atoms with Gasteiger partial charge in [-0.05, 0) is 37.8 Å². The molecule has 20 heavy (non-hydrogen) atoms. The molecular weight excluding hydrogens is 257 g/mol. The van der Waals surface area contributed by atoms with Crippen molar-refractivity contribution in [2.45, 2.75) is 38.6 Å². The molecule has 5 heteroatoms. The van der Waals surface area contributed by atoms with Gasteiger partial charge in [-0.15, -0.1) is 0 Å². The van der Waals surface area contributed by atoms with Gasteiger partial charge in [-0.1, -0.05) is 6.92 Å².